The van der Waals surface area contributed by atoms with Crippen molar-refractivity contribution in [2.45, 2.75) is 6.92 Å². The second-order valence-electron chi connectivity index (χ2n) is 2.21. The molecule has 1 nitrogen and oxygen atoms in total. The lowest BCUT2D eigenvalue weighted by Crippen LogP contribution is -2.28. The molecular weight excluding hydrogens is 124 g/mol. The maximum atomic E-state index is 10.8. The Hall–Kier alpha value is -1.24. The summed E-state index contributed by atoms with van der Waals surface area (Å²) < 4.78 is 0. The van der Waals surface area contributed by atoms with Gasteiger partial charge in [-0.25, -0.2) is 0 Å². The van der Waals surface area contributed by atoms with Gasteiger partial charge in [0, 0.05) is 0 Å². The summed E-state index contributed by atoms with van der Waals surface area (Å²) in [4.78, 5) is 0. The summed E-state index contributed by atoms with van der Waals surface area (Å²) in [5.41, 5.74) is 0. The molecule has 0 amide bonds. The van der Waals surface area contributed by atoms with Crippen molar-refractivity contribution < 1.29 is 5.11 Å². The van der Waals surface area contributed by atoms with E-state index in [-0.39, 0.29) is 5.76 Å². The van der Waals surface area contributed by atoms with Gasteiger partial charge in [-0.2, -0.15) is 0 Å². The molecule has 52 valence electrons. The summed E-state index contributed by atoms with van der Waals surface area (Å²) in [6.07, 6.45) is 0. The predicted octanol–water partition coefficient (Wildman–Crippen LogP) is -0.415. The molecule has 0 N–H and O–H groups in total. The van der Waals surface area contributed by atoms with Gasteiger partial charge in [0.05, 0.1) is 0 Å². The molecule has 1 aromatic carbocycles. The van der Waals surface area contributed by atoms with E-state index in [9.17, 15) is 5.11 Å². The standard InChI is InChI=1S/C9H10O/c1-7-5-3-4-6-9(7)8(2)10/h3-6,10H,1H2,2H3/p-1. The Morgan fingerprint density at radius 1 is 1.40 bits per heavy atom. The molecule has 0 fully saturated rings. The van der Waals surface area contributed by atoms with Crippen LogP contribution in [0.15, 0.2) is 24.3 Å². The summed E-state index contributed by atoms with van der Waals surface area (Å²) >= 11 is 0. The Morgan fingerprint density at radius 3 is 2.40 bits per heavy atom. The number of hydrogen-bond acceptors (Lipinski definition) is 1. The monoisotopic (exact) mass is 133 g/mol. The van der Waals surface area contributed by atoms with E-state index in [1.54, 1.807) is 13.0 Å². The van der Waals surface area contributed by atoms with Crippen LogP contribution in [0.5, 0.6) is 0 Å². The highest BCUT2D eigenvalue weighted by molar-refractivity contribution is 5.31. The van der Waals surface area contributed by atoms with Crippen LogP contribution in [0.25, 0.3) is 12.3 Å². The van der Waals surface area contributed by atoms with Crippen LogP contribution >= 0.6 is 0 Å². The van der Waals surface area contributed by atoms with Crippen molar-refractivity contribution >= 4 is 12.3 Å². The highest BCUT2D eigenvalue weighted by Crippen LogP contribution is 1.73. The highest BCUT2D eigenvalue weighted by Gasteiger charge is 1.77. The Kier molecular flexibility index (Phi) is 1.76. The molecule has 0 aliphatic carbocycles. The zero-order valence-corrected chi connectivity index (χ0v) is 5.92. The first-order chi connectivity index (χ1) is 4.72. The van der Waals surface area contributed by atoms with Crippen molar-refractivity contribution in [2.24, 2.45) is 0 Å². The Balaban J connectivity index is 3.60. The third kappa shape index (κ3) is 1.18. The molecule has 0 saturated carbocycles. The lowest BCUT2D eigenvalue weighted by molar-refractivity contribution is -0.248. The minimum absolute atomic E-state index is 0.0746. The zero-order chi connectivity index (χ0) is 7.56. The van der Waals surface area contributed by atoms with Gasteiger partial charge in [0.15, 0.2) is 0 Å². The van der Waals surface area contributed by atoms with Crippen LogP contribution in [-0.2, 0) is 0 Å². The summed E-state index contributed by atoms with van der Waals surface area (Å²) in [6.45, 7) is 5.27. The molecule has 0 aromatic heterocycles. The Labute approximate surface area is 59.9 Å². The van der Waals surface area contributed by atoms with Crippen LogP contribution in [0, 0.1) is 0 Å². The molecule has 0 radical (unpaired) electrons. The molecule has 0 atom stereocenters. The molecule has 1 heteroatoms. The molecule has 10 heavy (non-hydrogen) atoms. The van der Waals surface area contributed by atoms with E-state index < -0.39 is 0 Å². The van der Waals surface area contributed by atoms with Crippen molar-refractivity contribution in [2.75, 3.05) is 0 Å². The third-order valence-corrected chi connectivity index (χ3v) is 1.40. The molecule has 0 heterocycles. The quantitative estimate of drug-likeness (QED) is 0.471. The fourth-order valence-corrected chi connectivity index (χ4v) is 0.864. The molecule has 0 aliphatic rings. The zero-order valence-electron chi connectivity index (χ0n) is 5.92. The maximum absolute atomic E-state index is 10.8. The van der Waals surface area contributed by atoms with Gasteiger partial charge in [-0.3, -0.25) is 0 Å². The smallest absolute Gasteiger partial charge is 0.0266 e. The number of benzene rings is 1. The fraction of sp³-hybridized carbons (Fsp3) is 0.111. The second-order valence-corrected chi connectivity index (χ2v) is 2.21. The average molecular weight is 133 g/mol. The lowest BCUT2D eigenvalue weighted by Gasteiger charge is -2.02. The maximum Gasteiger partial charge on any atom is -0.0266 e. The highest BCUT2D eigenvalue weighted by atomic mass is 16.3. The minimum Gasteiger partial charge on any atom is -0.875 e. The predicted molar refractivity (Wildman–Crippen MR) is 40.3 cm³/mol. The first kappa shape index (κ1) is 6.87. The molecule has 0 aliphatic heterocycles. The van der Waals surface area contributed by atoms with E-state index in [2.05, 4.69) is 6.58 Å². The van der Waals surface area contributed by atoms with Crippen LogP contribution < -0.4 is 15.5 Å². The van der Waals surface area contributed by atoms with Crippen molar-refractivity contribution in [3.05, 3.63) is 34.7 Å². The van der Waals surface area contributed by atoms with Gasteiger partial charge in [0.2, 0.25) is 0 Å². The van der Waals surface area contributed by atoms with Crippen LogP contribution in [0.3, 0.4) is 0 Å². The summed E-state index contributed by atoms with van der Waals surface area (Å²) in [6, 6.07) is 7.32. The van der Waals surface area contributed by atoms with Gasteiger partial charge < -0.3 is 5.11 Å². The van der Waals surface area contributed by atoms with Crippen LogP contribution in [0.2, 0.25) is 0 Å². The number of rotatable bonds is 0. The number of hydrogen-bond donors (Lipinski definition) is 0. The van der Waals surface area contributed by atoms with Gasteiger partial charge in [0.25, 0.3) is 0 Å². The molecule has 0 saturated heterocycles. The summed E-state index contributed by atoms with van der Waals surface area (Å²) in [7, 11) is 0. The van der Waals surface area contributed by atoms with Crippen molar-refractivity contribution in [3.63, 3.8) is 0 Å². The van der Waals surface area contributed by atoms with Gasteiger partial charge in [-0.05, 0) is 10.4 Å². The molecular formula is C9H9O-. The topological polar surface area (TPSA) is 23.1 Å². The molecule has 0 bridgehead atoms. The summed E-state index contributed by atoms with van der Waals surface area (Å²) in [5, 5.41) is 12.3. The van der Waals surface area contributed by atoms with Crippen molar-refractivity contribution in [1.29, 1.82) is 0 Å². The SMILES string of the molecule is C=c1ccccc1=C(C)[O-]. The van der Waals surface area contributed by atoms with Crippen molar-refractivity contribution in [3.8, 4) is 0 Å². The molecule has 0 spiro atoms. The summed E-state index contributed by atoms with van der Waals surface area (Å²) in [5.74, 6) is 0.0746. The van der Waals surface area contributed by atoms with E-state index in [4.69, 9.17) is 0 Å². The van der Waals surface area contributed by atoms with E-state index >= 15 is 0 Å². The van der Waals surface area contributed by atoms with E-state index in [1.807, 2.05) is 18.2 Å². The Morgan fingerprint density at radius 2 is 2.00 bits per heavy atom. The third-order valence-electron chi connectivity index (χ3n) is 1.40. The van der Waals surface area contributed by atoms with Crippen LogP contribution in [-0.4, -0.2) is 0 Å². The van der Waals surface area contributed by atoms with Crippen molar-refractivity contribution in [1.82, 2.24) is 0 Å². The van der Waals surface area contributed by atoms with Gasteiger partial charge in [0.1, 0.15) is 0 Å². The van der Waals surface area contributed by atoms with Gasteiger partial charge in [-0.1, -0.05) is 37.8 Å². The molecule has 0 unspecified atom stereocenters. The average Bonchev–Trinajstić information content (AvgIpc) is 1.88. The second kappa shape index (κ2) is 2.56. The van der Waals surface area contributed by atoms with Gasteiger partial charge >= 0.3 is 0 Å². The minimum atomic E-state index is 0.0746. The van der Waals surface area contributed by atoms with E-state index in [1.165, 1.54) is 0 Å². The van der Waals surface area contributed by atoms with E-state index in [0.717, 1.165) is 5.22 Å². The van der Waals surface area contributed by atoms with Crippen LogP contribution in [0.4, 0.5) is 0 Å². The largest absolute Gasteiger partial charge is 0.875 e. The first-order valence-electron chi connectivity index (χ1n) is 3.14. The van der Waals surface area contributed by atoms with Gasteiger partial charge in [-0.15, -0.1) is 5.76 Å². The van der Waals surface area contributed by atoms with E-state index in [0.29, 0.717) is 5.22 Å². The first-order valence-corrected chi connectivity index (χ1v) is 3.14. The molecule has 1 aromatic rings. The van der Waals surface area contributed by atoms with Crippen LogP contribution in [0.1, 0.15) is 6.92 Å². The lowest BCUT2D eigenvalue weighted by atomic mass is 10.2. The molecule has 1 rings (SSSR count). The Bertz CT molecular complexity index is 321. The normalized spacial score (nSPS) is 12.9. The fourth-order valence-electron chi connectivity index (χ4n) is 0.864.